The van der Waals surface area contributed by atoms with Crippen molar-refractivity contribution in [1.82, 2.24) is 14.9 Å². The summed E-state index contributed by atoms with van der Waals surface area (Å²) in [5.41, 5.74) is 0. The highest BCUT2D eigenvalue weighted by atomic mass is 31.0. The molecule has 0 bridgehead atoms. The predicted octanol–water partition coefficient (Wildman–Crippen LogP) is -0.884. The third-order valence-electron chi connectivity index (χ3n) is 3.03. The van der Waals surface area contributed by atoms with Gasteiger partial charge < -0.3 is 10.2 Å². The Balaban J connectivity index is 2.17. The van der Waals surface area contributed by atoms with E-state index >= 15 is 0 Å². The molecule has 1 aliphatic heterocycles. The highest BCUT2D eigenvalue weighted by molar-refractivity contribution is 7.13. The quantitative estimate of drug-likeness (QED) is 0.471. The van der Waals surface area contributed by atoms with E-state index in [1.807, 2.05) is 0 Å². The summed E-state index contributed by atoms with van der Waals surface area (Å²) < 4.78 is 0. The Hall–Kier alpha value is 0.230. The van der Waals surface area contributed by atoms with E-state index in [-0.39, 0.29) is 12.2 Å². The van der Waals surface area contributed by atoms with Crippen LogP contribution in [0.25, 0.3) is 0 Å². The fourth-order valence-corrected chi connectivity index (χ4v) is 2.39. The number of aliphatic hydroxyl groups is 2. The van der Waals surface area contributed by atoms with Crippen molar-refractivity contribution in [3.05, 3.63) is 0 Å². The van der Waals surface area contributed by atoms with Gasteiger partial charge >= 0.3 is 0 Å². The van der Waals surface area contributed by atoms with Crippen LogP contribution >= 0.6 is 9.39 Å². The van der Waals surface area contributed by atoms with Crippen LogP contribution in [0.15, 0.2) is 0 Å². The van der Waals surface area contributed by atoms with Crippen molar-refractivity contribution in [2.24, 2.45) is 0 Å². The van der Waals surface area contributed by atoms with Crippen LogP contribution in [-0.2, 0) is 0 Å². The number of likely N-dealkylation sites (tertiary alicyclic amines) is 1. The summed E-state index contributed by atoms with van der Waals surface area (Å²) >= 11 is 0. The van der Waals surface area contributed by atoms with Crippen LogP contribution in [0.5, 0.6) is 0 Å². The third kappa shape index (κ3) is 6.09. The normalized spacial score (nSPS) is 19.6. The molecule has 5 nitrogen and oxygen atoms in total. The van der Waals surface area contributed by atoms with Gasteiger partial charge in [0.2, 0.25) is 0 Å². The summed E-state index contributed by atoms with van der Waals surface area (Å²) in [6.45, 7) is 8.04. The molecule has 1 rings (SSSR count). The third-order valence-corrected chi connectivity index (χ3v) is 3.27. The molecule has 1 heterocycles. The molecule has 2 unspecified atom stereocenters. The summed E-state index contributed by atoms with van der Waals surface area (Å²) in [7, 11) is 2.41. The van der Waals surface area contributed by atoms with E-state index in [1.165, 1.54) is 0 Å². The van der Waals surface area contributed by atoms with E-state index < -0.39 is 0 Å². The largest absolute Gasteiger partial charge is 0.390 e. The van der Waals surface area contributed by atoms with Gasteiger partial charge in [0, 0.05) is 39.3 Å². The van der Waals surface area contributed by atoms with Crippen LogP contribution < -0.4 is 5.09 Å². The van der Waals surface area contributed by atoms with E-state index in [2.05, 4.69) is 31.2 Å². The molecule has 17 heavy (non-hydrogen) atoms. The minimum absolute atomic E-state index is 0.124. The van der Waals surface area contributed by atoms with Crippen molar-refractivity contribution >= 4 is 9.39 Å². The van der Waals surface area contributed by atoms with Gasteiger partial charge in [-0.1, -0.05) is 16.3 Å². The van der Waals surface area contributed by atoms with Gasteiger partial charge in [0.15, 0.2) is 0 Å². The number of nitrogens with zero attached hydrogens (tertiary/aromatic N) is 2. The topological polar surface area (TPSA) is 59.0 Å². The van der Waals surface area contributed by atoms with Crippen molar-refractivity contribution in [3.8, 4) is 0 Å². The minimum atomic E-state index is -0.318. The standard InChI is InChI=1S/C11H26N3O2P/c1-2-3-13(7-10(15)6-12-17)4-5-14-8-11(16)9-14/h10-12,15-16H,2-9,17H2,1H3. The highest BCUT2D eigenvalue weighted by Crippen LogP contribution is 2.07. The lowest BCUT2D eigenvalue weighted by molar-refractivity contribution is -0.00476. The molecule has 3 N–H and O–H groups in total. The molecule has 0 radical (unpaired) electrons. The Labute approximate surface area is 106 Å². The summed E-state index contributed by atoms with van der Waals surface area (Å²) in [6, 6.07) is 0. The number of aliphatic hydroxyl groups excluding tert-OH is 2. The van der Waals surface area contributed by atoms with E-state index in [0.29, 0.717) is 13.1 Å². The van der Waals surface area contributed by atoms with Crippen molar-refractivity contribution in [2.45, 2.75) is 25.6 Å². The smallest absolute Gasteiger partial charge is 0.0794 e. The molecular weight excluding hydrogens is 237 g/mol. The first-order valence-corrected chi connectivity index (χ1v) is 6.97. The van der Waals surface area contributed by atoms with Gasteiger partial charge in [0.25, 0.3) is 0 Å². The van der Waals surface area contributed by atoms with Gasteiger partial charge in [-0.3, -0.25) is 14.9 Å². The molecule has 1 aliphatic rings. The Morgan fingerprint density at radius 3 is 2.71 bits per heavy atom. The maximum atomic E-state index is 9.75. The monoisotopic (exact) mass is 263 g/mol. The molecule has 6 heteroatoms. The van der Waals surface area contributed by atoms with Crippen molar-refractivity contribution < 1.29 is 10.2 Å². The SMILES string of the molecule is CCCN(CCN1CC(O)C1)CC(O)CNP. The molecule has 0 amide bonds. The first-order valence-electron chi connectivity index (χ1n) is 6.40. The molecular formula is C11H26N3O2P. The Bertz CT molecular complexity index is 203. The highest BCUT2D eigenvalue weighted by Gasteiger charge is 2.24. The van der Waals surface area contributed by atoms with Gasteiger partial charge in [-0.2, -0.15) is 0 Å². The summed E-state index contributed by atoms with van der Waals surface area (Å²) in [4.78, 5) is 4.53. The van der Waals surface area contributed by atoms with Crippen LogP contribution in [0, 0.1) is 0 Å². The van der Waals surface area contributed by atoms with Crippen LogP contribution in [0.2, 0.25) is 0 Å². The average Bonchev–Trinajstić information content (AvgIpc) is 2.23. The fourth-order valence-electron chi connectivity index (χ4n) is 2.12. The number of hydrogen-bond donors (Lipinski definition) is 3. The zero-order valence-electron chi connectivity index (χ0n) is 10.7. The van der Waals surface area contributed by atoms with E-state index in [0.717, 1.165) is 39.1 Å². The fraction of sp³-hybridized carbons (Fsp3) is 1.00. The second-order valence-electron chi connectivity index (χ2n) is 4.78. The maximum absolute atomic E-state index is 9.75. The van der Waals surface area contributed by atoms with E-state index in [1.54, 1.807) is 0 Å². The molecule has 102 valence electrons. The van der Waals surface area contributed by atoms with Crippen LogP contribution in [-0.4, -0.2) is 78.0 Å². The van der Waals surface area contributed by atoms with Gasteiger partial charge in [0.1, 0.15) is 0 Å². The lowest BCUT2D eigenvalue weighted by Crippen LogP contribution is -2.53. The molecule has 1 fully saturated rings. The molecule has 2 atom stereocenters. The van der Waals surface area contributed by atoms with Crippen LogP contribution in [0.1, 0.15) is 13.3 Å². The van der Waals surface area contributed by atoms with Crippen molar-refractivity contribution in [1.29, 1.82) is 0 Å². The summed E-state index contributed by atoms with van der Waals surface area (Å²) in [6.07, 6.45) is 0.659. The van der Waals surface area contributed by atoms with E-state index in [9.17, 15) is 10.2 Å². The number of rotatable bonds is 9. The molecule has 0 aliphatic carbocycles. The Morgan fingerprint density at radius 1 is 1.47 bits per heavy atom. The number of β-amino-alcohol motifs (C(OH)–C–C–N with tert-alkyl or cyclic N) is 1. The molecule has 0 saturated carbocycles. The van der Waals surface area contributed by atoms with Gasteiger partial charge in [0.05, 0.1) is 12.2 Å². The summed E-state index contributed by atoms with van der Waals surface area (Å²) in [5, 5.41) is 21.9. The Kier molecular flexibility index (Phi) is 7.51. The second kappa shape index (κ2) is 8.35. The lowest BCUT2D eigenvalue weighted by atomic mass is 10.2. The zero-order chi connectivity index (χ0) is 12.7. The lowest BCUT2D eigenvalue weighted by Gasteiger charge is -2.37. The first kappa shape index (κ1) is 15.3. The molecule has 0 aromatic carbocycles. The maximum Gasteiger partial charge on any atom is 0.0794 e. The van der Waals surface area contributed by atoms with Crippen molar-refractivity contribution in [3.63, 3.8) is 0 Å². The number of nitrogens with one attached hydrogen (secondary N) is 1. The minimum Gasteiger partial charge on any atom is -0.390 e. The molecule has 1 saturated heterocycles. The van der Waals surface area contributed by atoms with Crippen LogP contribution in [0.3, 0.4) is 0 Å². The van der Waals surface area contributed by atoms with Gasteiger partial charge in [-0.15, -0.1) is 0 Å². The van der Waals surface area contributed by atoms with Crippen molar-refractivity contribution in [2.75, 3.05) is 45.8 Å². The average molecular weight is 263 g/mol. The number of hydrogen-bond acceptors (Lipinski definition) is 5. The zero-order valence-corrected chi connectivity index (χ0v) is 11.8. The molecule has 0 spiro atoms. The molecule has 0 aromatic heterocycles. The van der Waals surface area contributed by atoms with Crippen LogP contribution in [0.4, 0.5) is 0 Å². The van der Waals surface area contributed by atoms with Gasteiger partial charge in [-0.05, 0) is 13.0 Å². The van der Waals surface area contributed by atoms with Gasteiger partial charge in [-0.25, -0.2) is 0 Å². The summed E-state index contributed by atoms with van der Waals surface area (Å²) in [5.74, 6) is 0. The van der Waals surface area contributed by atoms with E-state index in [4.69, 9.17) is 0 Å². The Morgan fingerprint density at radius 2 is 2.18 bits per heavy atom. The second-order valence-corrected chi connectivity index (χ2v) is 5.18. The molecule has 0 aromatic rings. The predicted molar refractivity (Wildman–Crippen MR) is 72.9 cm³/mol. The first-order chi connectivity index (χ1) is 8.15.